The van der Waals surface area contributed by atoms with Gasteiger partial charge in [0, 0.05) is 0 Å². The van der Waals surface area contributed by atoms with Gasteiger partial charge in [0.15, 0.2) is 5.78 Å². The van der Waals surface area contributed by atoms with Crippen LogP contribution in [0.4, 0.5) is 0 Å². The average molecular weight is 258 g/mol. The highest BCUT2D eigenvalue weighted by Crippen LogP contribution is 2.24. The van der Waals surface area contributed by atoms with Gasteiger partial charge in [0.05, 0.1) is 14.4 Å². The lowest BCUT2D eigenvalue weighted by atomic mass is 10.1. The molecule has 0 aliphatic carbocycles. The van der Waals surface area contributed by atoms with Crippen molar-refractivity contribution < 1.29 is 44.1 Å². The molecule has 0 bridgehead atoms. The molecule has 4 N–H and O–H groups in total. The van der Waals surface area contributed by atoms with Crippen LogP contribution in [0.15, 0.2) is 0 Å². The summed E-state index contributed by atoms with van der Waals surface area (Å²) in [5.41, 5.74) is 0. The maximum atomic E-state index is 10.9. The number of phosphoric acid groups is 1. The molecule has 96 valence electrons. The zero-order valence-electron chi connectivity index (χ0n) is 7.92. The van der Waals surface area contributed by atoms with Crippen LogP contribution >= 0.6 is 7.82 Å². The Hall–Kier alpha value is -0.380. The summed E-state index contributed by atoms with van der Waals surface area (Å²) >= 11 is 0. The van der Waals surface area contributed by atoms with Crippen LogP contribution in [0.1, 0.15) is 0 Å². The molecule has 3 atom stereocenters. The molecular weight excluding hydrogens is 247 g/mol. The second kappa shape index (κ2) is 6.38. The van der Waals surface area contributed by atoms with E-state index in [0.717, 1.165) is 0 Å². The van der Waals surface area contributed by atoms with Crippen LogP contribution < -0.4 is 9.79 Å². The minimum absolute atomic E-state index is 0.909. The second-order valence-electron chi connectivity index (χ2n) is 2.87. The highest BCUT2D eigenvalue weighted by atomic mass is 31.2. The van der Waals surface area contributed by atoms with E-state index in [1.54, 1.807) is 0 Å². The van der Waals surface area contributed by atoms with Gasteiger partial charge >= 0.3 is 0 Å². The summed E-state index contributed by atoms with van der Waals surface area (Å²) in [6.45, 7) is -2.16. The number of rotatable bonds is 7. The van der Waals surface area contributed by atoms with Gasteiger partial charge in [-0.1, -0.05) is 0 Å². The van der Waals surface area contributed by atoms with Crippen LogP contribution in [0.5, 0.6) is 0 Å². The molecule has 0 spiro atoms. The summed E-state index contributed by atoms with van der Waals surface area (Å²) in [7, 11) is -5.35. The molecule has 0 saturated heterocycles. The van der Waals surface area contributed by atoms with Gasteiger partial charge in [0.1, 0.15) is 24.9 Å². The van der Waals surface area contributed by atoms with Crippen molar-refractivity contribution in [2.24, 2.45) is 0 Å². The highest BCUT2D eigenvalue weighted by Gasteiger charge is 2.29. The van der Waals surface area contributed by atoms with Crippen molar-refractivity contribution in [2.45, 2.75) is 18.3 Å². The molecule has 0 amide bonds. The summed E-state index contributed by atoms with van der Waals surface area (Å²) in [6.07, 6.45) is -5.93. The van der Waals surface area contributed by atoms with Gasteiger partial charge in [-0.25, -0.2) is 0 Å². The monoisotopic (exact) mass is 258 g/mol. The molecule has 9 nitrogen and oxygen atoms in total. The number of carbonyl (C=O) groups excluding carboxylic acids is 1. The topological polar surface area (TPSA) is 170 Å². The number of hydrogen-bond donors (Lipinski definition) is 4. The Morgan fingerprint density at radius 1 is 1.31 bits per heavy atom. The van der Waals surface area contributed by atoms with Crippen molar-refractivity contribution in [2.75, 3.05) is 13.2 Å². The third-order valence-electron chi connectivity index (χ3n) is 1.60. The van der Waals surface area contributed by atoms with Crippen molar-refractivity contribution in [1.82, 2.24) is 0 Å². The first-order valence-electron chi connectivity index (χ1n) is 4.03. The van der Waals surface area contributed by atoms with E-state index in [-0.39, 0.29) is 0 Å². The number of aliphatic hydroxyl groups excluding tert-OH is 4. The van der Waals surface area contributed by atoms with Gasteiger partial charge in [-0.3, -0.25) is 4.79 Å². The maximum Gasteiger partial charge on any atom is 0.189 e. The first-order valence-corrected chi connectivity index (χ1v) is 5.49. The Morgan fingerprint density at radius 2 is 1.81 bits per heavy atom. The van der Waals surface area contributed by atoms with E-state index in [0.29, 0.717) is 0 Å². The normalized spacial score (nSPS) is 17.9. The number of phosphoric ester groups is 1. The third kappa shape index (κ3) is 5.64. The van der Waals surface area contributed by atoms with Crippen LogP contribution in [0.25, 0.3) is 0 Å². The van der Waals surface area contributed by atoms with Crippen LogP contribution in [0, 0.1) is 0 Å². The molecule has 0 aromatic rings. The Bertz CT molecular complexity index is 273. The maximum absolute atomic E-state index is 10.9. The molecule has 0 heterocycles. The van der Waals surface area contributed by atoms with E-state index in [4.69, 9.17) is 20.4 Å². The van der Waals surface area contributed by atoms with E-state index in [2.05, 4.69) is 4.52 Å². The van der Waals surface area contributed by atoms with Gasteiger partial charge in [-0.15, -0.1) is 0 Å². The van der Waals surface area contributed by atoms with Gasteiger partial charge in [-0.2, -0.15) is 0 Å². The first-order chi connectivity index (χ1) is 7.19. The lowest BCUT2D eigenvalue weighted by Gasteiger charge is -2.29. The summed E-state index contributed by atoms with van der Waals surface area (Å²) < 4.78 is 13.5. The van der Waals surface area contributed by atoms with E-state index < -0.39 is 45.1 Å². The van der Waals surface area contributed by atoms with Gasteiger partial charge in [-0.05, 0) is 0 Å². The minimum Gasteiger partial charge on any atom is -0.790 e. The first kappa shape index (κ1) is 15.6. The van der Waals surface area contributed by atoms with Crippen molar-refractivity contribution in [3.8, 4) is 0 Å². The fourth-order valence-corrected chi connectivity index (χ4v) is 1.02. The molecular formula is C6H11O9P-2. The molecule has 0 unspecified atom stereocenters. The number of aliphatic hydroxyl groups is 4. The molecule has 0 aromatic carbocycles. The van der Waals surface area contributed by atoms with Crippen LogP contribution in [0.2, 0.25) is 0 Å². The summed E-state index contributed by atoms with van der Waals surface area (Å²) in [5, 5.41) is 35.3. The molecule has 0 fully saturated rings. The lowest BCUT2D eigenvalue weighted by molar-refractivity contribution is -0.341. The number of Topliss-reactive ketones (excluding diaryl/α,β-unsaturated/α-hetero) is 1. The van der Waals surface area contributed by atoms with Gasteiger partial charge in [0.2, 0.25) is 0 Å². The smallest absolute Gasteiger partial charge is 0.189 e. The molecule has 16 heavy (non-hydrogen) atoms. The molecule has 0 aromatic heterocycles. The molecule has 0 rings (SSSR count). The predicted octanol–water partition coefficient (Wildman–Crippen LogP) is -4.52. The van der Waals surface area contributed by atoms with Crippen LogP contribution in [0.3, 0.4) is 0 Å². The number of carbonyl (C=O) groups is 1. The highest BCUT2D eigenvalue weighted by molar-refractivity contribution is 7.43. The van der Waals surface area contributed by atoms with E-state index in [1.165, 1.54) is 0 Å². The van der Waals surface area contributed by atoms with Crippen molar-refractivity contribution in [1.29, 1.82) is 0 Å². The Morgan fingerprint density at radius 3 is 2.19 bits per heavy atom. The largest absolute Gasteiger partial charge is 0.790 e. The molecule has 10 heteroatoms. The number of hydrogen-bond acceptors (Lipinski definition) is 9. The van der Waals surface area contributed by atoms with E-state index in [1.807, 2.05) is 0 Å². The minimum atomic E-state index is -5.35. The number of ketones is 1. The molecule has 0 aliphatic rings. The summed E-state index contributed by atoms with van der Waals surface area (Å²) in [6, 6.07) is 0. The zero-order chi connectivity index (χ0) is 12.9. The van der Waals surface area contributed by atoms with Crippen molar-refractivity contribution in [3.63, 3.8) is 0 Å². The standard InChI is InChI=1S/C6H13O9P/c7-1-3(8)5(10)6(11)4(9)2-15-16(12,13)14/h3,5-8,10-11H,1-2H2,(H2,12,13,14)/p-2/t3-,5-,6-/m0/s1. The lowest BCUT2D eigenvalue weighted by Crippen LogP contribution is -2.45. The van der Waals surface area contributed by atoms with E-state index >= 15 is 0 Å². The summed E-state index contributed by atoms with van der Waals surface area (Å²) in [4.78, 5) is 30.9. The zero-order valence-corrected chi connectivity index (χ0v) is 8.82. The fraction of sp³-hybridized carbons (Fsp3) is 0.833. The van der Waals surface area contributed by atoms with Gasteiger partial charge in [0.25, 0.3) is 0 Å². The molecule has 0 saturated carbocycles. The summed E-state index contributed by atoms with van der Waals surface area (Å²) in [5.74, 6) is -1.31. The second-order valence-corrected chi connectivity index (χ2v) is 4.02. The fourth-order valence-electron chi connectivity index (χ4n) is 0.737. The van der Waals surface area contributed by atoms with Crippen LogP contribution in [-0.2, 0) is 13.9 Å². The van der Waals surface area contributed by atoms with Crippen LogP contribution in [-0.4, -0.2) is 57.7 Å². The Labute approximate surface area is 90.2 Å². The molecule has 0 aliphatic heterocycles. The average Bonchev–Trinajstić information content (AvgIpc) is 2.21. The van der Waals surface area contributed by atoms with E-state index in [9.17, 15) is 19.1 Å². The molecule has 0 radical (unpaired) electrons. The SMILES string of the molecule is O=C(COP(=O)([O-])[O-])[C@H](O)[C@@H](O)[C@@H](O)CO. The van der Waals surface area contributed by atoms with Crippen molar-refractivity contribution in [3.05, 3.63) is 0 Å². The predicted molar refractivity (Wildman–Crippen MR) is 43.7 cm³/mol. The third-order valence-corrected chi connectivity index (χ3v) is 2.04. The van der Waals surface area contributed by atoms with Crippen molar-refractivity contribution >= 4 is 13.6 Å². The quantitative estimate of drug-likeness (QED) is 0.328. The van der Waals surface area contributed by atoms with Gasteiger partial charge < -0.3 is 39.3 Å². The Balaban J connectivity index is 4.23. The Kier molecular flexibility index (Phi) is 6.23.